The number of rotatable bonds is 5. The molecule has 1 atom stereocenters. The molecule has 2 N–H and O–H groups in total. The fraction of sp³-hybridized carbons (Fsp3) is 0.562. The molecule has 1 rings (SSSR count). The molecule has 0 aromatic heterocycles. The van der Waals surface area contributed by atoms with E-state index >= 15 is 0 Å². The van der Waals surface area contributed by atoms with E-state index in [9.17, 15) is 8.42 Å². The smallest absolute Gasteiger partial charge is 0.191 e. The van der Waals surface area contributed by atoms with Crippen molar-refractivity contribution in [3.63, 3.8) is 0 Å². The average Bonchev–Trinajstić information content (AvgIpc) is 2.45. The van der Waals surface area contributed by atoms with Crippen molar-refractivity contribution in [2.75, 3.05) is 19.3 Å². The summed E-state index contributed by atoms with van der Waals surface area (Å²) < 4.78 is 24.5. The van der Waals surface area contributed by atoms with Crippen LogP contribution in [0.15, 0.2) is 33.7 Å². The van der Waals surface area contributed by atoms with Crippen LogP contribution in [0.1, 0.15) is 39.3 Å². The molecule has 0 spiro atoms. The molecule has 8 heteroatoms. The third-order valence-electron chi connectivity index (χ3n) is 3.54. The fourth-order valence-corrected chi connectivity index (χ4v) is 3.53. The summed E-state index contributed by atoms with van der Waals surface area (Å²) in [7, 11) is -1.47. The zero-order chi connectivity index (χ0) is 17.7. The monoisotopic (exact) mass is 531 g/mol. The Balaban J connectivity index is 0.00000529. The van der Waals surface area contributed by atoms with Crippen molar-refractivity contribution in [3.05, 3.63) is 34.3 Å². The molecule has 0 amide bonds. The molecule has 1 aromatic carbocycles. The number of hydrogen-bond acceptors (Lipinski definition) is 3. The minimum absolute atomic E-state index is 0. The maximum Gasteiger partial charge on any atom is 0.191 e. The van der Waals surface area contributed by atoms with Crippen molar-refractivity contribution in [2.24, 2.45) is 4.99 Å². The highest BCUT2D eigenvalue weighted by Gasteiger charge is 2.28. The summed E-state index contributed by atoms with van der Waals surface area (Å²) in [6.45, 7) is 7.49. The lowest BCUT2D eigenvalue weighted by atomic mass is 10.1. The van der Waals surface area contributed by atoms with Crippen LogP contribution in [0.4, 0.5) is 0 Å². The molecule has 0 aliphatic carbocycles. The zero-order valence-corrected chi connectivity index (χ0v) is 19.5. The second-order valence-corrected chi connectivity index (χ2v) is 10.0. The van der Waals surface area contributed by atoms with Crippen molar-refractivity contribution in [1.29, 1.82) is 0 Å². The number of aliphatic imine (C=N–C) groups is 1. The Bertz CT molecular complexity index is 658. The Kier molecular flexibility index (Phi) is 9.81. The fourth-order valence-electron chi connectivity index (χ4n) is 1.91. The van der Waals surface area contributed by atoms with Gasteiger partial charge >= 0.3 is 0 Å². The van der Waals surface area contributed by atoms with Gasteiger partial charge < -0.3 is 10.6 Å². The molecule has 1 unspecified atom stereocenters. The summed E-state index contributed by atoms with van der Waals surface area (Å²) in [5.41, 5.74) is 1.11. The second-order valence-electron chi connectivity index (χ2n) is 6.32. The minimum Gasteiger partial charge on any atom is -0.355 e. The molecule has 5 nitrogen and oxygen atoms in total. The highest BCUT2D eigenvalue weighted by Crippen LogP contribution is 2.22. The number of halogens is 2. The second kappa shape index (κ2) is 9.96. The first-order valence-electron chi connectivity index (χ1n) is 7.52. The van der Waals surface area contributed by atoms with Gasteiger partial charge in [0.1, 0.15) is 0 Å². The standard InChI is InChI=1S/C16H26BrN3O2S.HI/c1-12(13-8-6-7-9-14(13)17)20-15(18-5)19-10-11-23(21,22)16(2,3)4;/h6-9,12H,10-11H2,1-5H3,(H2,18,19,20);1H. The number of hydrogen-bond donors (Lipinski definition) is 2. The van der Waals surface area contributed by atoms with Crippen LogP contribution >= 0.6 is 39.9 Å². The molecular formula is C16H27BrIN3O2S. The zero-order valence-electron chi connectivity index (χ0n) is 14.8. The normalized spacial score (nSPS) is 13.8. The Labute approximate surface area is 171 Å². The summed E-state index contributed by atoms with van der Waals surface area (Å²) in [6.07, 6.45) is 0. The molecular weight excluding hydrogens is 505 g/mol. The first-order chi connectivity index (χ1) is 10.6. The number of guanidine groups is 1. The van der Waals surface area contributed by atoms with E-state index in [1.54, 1.807) is 27.8 Å². The van der Waals surface area contributed by atoms with Gasteiger partial charge in [-0.3, -0.25) is 4.99 Å². The van der Waals surface area contributed by atoms with E-state index in [1.165, 1.54) is 0 Å². The van der Waals surface area contributed by atoms with E-state index in [4.69, 9.17) is 0 Å². The van der Waals surface area contributed by atoms with Gasteiger partial charge in [0.25, 0.3) is 0 Å². The van der Waals surface area contributed by atoms with Gasteiger partial charge in [0.2, 0.25) is 0 Å². The first kappa shape index (κ1) is 23.6. The quantitative estimate of drug-likeness (QED) is 0.346. The summed E-state index contributed by atoms with van der Waals surface area (Å²) in [4.78, 5) is 4.15. The van der Waals surface area contributed by atoms with Crippen LogP contribution in [0.5, 0.6) is 0 Å². The van der Waals surface area contributed by atoms with Gasteiger partial charge in [0.15, 0.2) is 15.8 Å². The van der Waals surface area contributed by atoms with Crippen LogP contribution in [0, 0.1) is 0 Å². The lowest BCUT2D eigenvalue weighted by Gasteiger charge is -2.21. The van der Waals surface area contributed by atoms with E-state index in [0.29, 0.717) is 12.5 Å². The molecule has 24 heavy (non-hydrogen) atoms. The van der Waals surface area contributed by atoms with Crippen LogP contribution < -0.4 is 10.6 Å². The van der Waals surface area contributed by atoms with E-state index in [2.05, 4.69) is 31.6 Å². The van der Waals surface area contributed by atoms with Gasteiger partial charge in [-0.1, -0.05) is 34.1 Å². The topological polar surface area (TPSA) is 70.6 Å². The van der Waals surface area contributed by atoms with Gasteiger partial charge in [-0.15, -0.1) is 24.0 Å². The Morgan fingerprint density at radius 2 is 1.88 bits per heavy atom. The van der Waals surface area contributed by atoms with Crippen LogP contribution in [-0.2, 0) is 9.84 Å². The largest absolute Gasteiger partial charge is 0.355 e. The number of nitrogens with one attached hydrogen (secondary N) is 2. The van der Waals surface area contributed by atoms with Crippen LogP contribution in [0.3, 0.4) is 0 Å². The Hall–Kier alpha value is -0.350. The molecule has 1 aromatic rings. The molecule has 0 heterocycles. The molecule has 0 aliphatic rings. The van der Waals surface area contributed by atoms with E-state index in [1.807, 2.05) is 31.2 Å². The van der Waals surface area contributed by atoms with Crippen molar-refractivity contribution in [1.82, 2.24) is 10.6 Å². The maximum atomic E-state index is 12.1. The Morgan fingerprint density at radius 3 is 2.38 bits per heavy atom. The predicted molar refractivity (Wildman–Crippen MR) is 116 cm³/mol. The van der Waals surface area contributed by atoms with Crippen LogP contribution in [-0.4, -0.2) is 38.5 Å². The maximum absolute atomic E-state index is 12.1. The van der Waals surface area contributed by atoms with Crippen molar-refractivity contribution in [3.8, 4) is 0 Å². The summed E-state index contributed by atoms with van der Waals surface area (Å²) in [6, 6.07) is 7.99. The van der Waals surface area contributed by atoms with E-state index < -0.39 is 14.6 Å². The highest BCUT2D eigenvalue weighted by molar-refractivity contribution is 14.0. The first-order valence-corrected chi connectivity index (χ1v) is 9.97. The van der Waals surface area contributed by atoms with Gasteiger partial charge in [0.05, 0.1) is 16.5 Å². The van der Waals surface area contributed by atoms with Crippen molar-refractivity contribution < 1.29 is 8.42 Å². The number of benzene rings is 1. The predicted octanol–water partition coefficient (Wildman–Crippen LogP) is 3.51. The molecule has 0 fully saturated rings. The Morgan fingerprint density at radius 1 is 1.29 bits per heavy atom. The number of nitrogens with zero attached hydrogens (tertiary/aromatic N) is 1. The van der Waals surface area contributed by atoms with Crippen molar-refractivity contribution in [2.45, 2.75) is 38.5 Å². The SMILES string of the molecule is CN=C(NCCS(=O)(=O)C(C)(C)C)NC(C)c1ccccc1Br.I. The van der Waals surface area contributed by atoms with Crippen molar-refractivity contribution >= 4 is 55.7 Å². The molecule has 0 saturated heterocycles. The molecule has 0 aliphatic heterocycles. The van der Waals surface area contributed by atoms with Crippen LogP contribution in [0.25, 0.3) is 0 Å². The summed E-state index contributed by atoms with van der Waals surface area (Å²) >= 11 is 3.53. The van der Waals surface area contributed by atoms with Gasteiger partial charge in [-0.25, -0.2) is 8.42 Å². The average molecular weight is 532 g/mol. The summed E-state index contributed by atoms with van der Waals surface area (Å²) in [5, 5.41) is 6.32. The highest BCUT2D eigenvalue weighted by atomic mass is 127. The molecule has 0 bridgehead atoms. The van der Waals surface area contributed by atoms with E-state index in [-0.39, 0.29) is 35.8 Å². The number of sulfone groups is 1. The lowest BCUT2D eigenvalue weighted by molar-refractivity contribution is 0.558. The van der Waals surface area contributed by atoms with Gasteiger partial charge in [0, 0.05) is 18.1 Å². The van der Waals surface area contributed by atoms with Gasteiger partial charge in [-0.05, 0) is 39.3 Å². The molecule has 0 saturated carbocycles. The summed E-state index contributed by atoms with van der Waals surface area (Å²) in [5.74, 6) is 0.651. The van der Waals surface area contributed by atoms with Gasteiger partial charge in [-0.2, -0.15) is 0 Å². The molecule has 0 radical (unpaired) electrons. The third kappa shape index (κ3) is 6.87. The minimum atomic E-state index is -3.14. The third-order valence-corrected chi connectivity index (χ3v) is 6.87. The lowest BCUT2D eigenvalue weighted by Crippen LogP contribution is -2.42. The molecule has 138 valence electrons. The van der Waals surface area contributed by atoms with E-state index in [0.717, 1.165) is 10.0 Å². The van der Waals surface area contributed by atoms with Crippen LogP contribution in [0.2, 0.25) is 0 Å².